The Morgan fingerprint density at radius 1 is 1.06 bits per heavy atom. The maximum Gasteiger partial charge on any atom is 0.177 e. The number of imidazole rings is 1. The van der Waals surface area contributed by atoms with Gasteiger partial charge in [-0.3, -0.25) is 20.0 Å². The number of hydrazone groups is 1. The zero-order valence-electron chi connectivity index (χ0n) is 17.2. The van der Waals surface area contributed by atoms with Gasteiger partial charge in [0, 0.05) is 24.2 Å². The van der Waals surface area contributed by atoms with Crippen molar-refractivity contribution in [2.45, 2.75) is 24.5 Å². The molecule has 33 heavy (non-hydrogen) atoms. The summed E-state index contributed by atoms with van der Waals surface area (Å²) in [6.07, 6.45) is 3.41. The van der Waals surface area contributed by atoms with Crippen molar-refractivity contribution < 1.29 is 20.1 Å². The smallest absolute Gasteiger partial charge is 0.177 e. The normalized spacial score (nSPS) is 23.2. The van der Waals surface area contributed by atoms with Gasteiger partial charge in [-0.2, -0.15) is 5.10 Å². The summed E-state index contributed by atoms with van der Waals surface area (Å²) in [6, 6.07) is 9.18. The molecule has 5 rings (SSSR count). The second-order valence-electron chi connectivity index (χ2n) is 7.30. The van der Waals surface area contributed by atoms with Crippen LogP contribution in [0.4, 0.5) is 5.82 Å². The fourth-order valence-electron chi connectivity index (χ4n) is 3.61. The average molecular weight is 448 g/mol. The van der Waals surface area contributed by atoms with Gasteiger partial charge in [0.2, 0.25) is 0 Å². The Hall–Kier alpha value is -3.84. The number of hydrogen-bond donors (Lipinski definition) is 4. The van der Waals surface area contributed by atoms with Crippen LogP contribution < -0.4 is 5.43 Å². The van der Waals surface area contributed by atoms with Gasteiger partial charge in [-0.05, 0) is 24.3 Å². The van der Waals surface area contributed by atoms with Crippen LogP contribution in [-0.2, 0) is 4.74 Å². The summed E-state index contributed by atoms with van der Waals surface area (Å²) in [5, 5.41) is 34.3. The molecule has 0 unspecified atom stereocenters. The van der Waals surface area contributed by atoms with E-state index >= 15 is 0 Å². The third-order valence-corrected chi connectivity index (χ3v) is 5.27. The minimum Gasteiger partial charge on any atom is -0.394 e. The summed E-state index contributed by atoms with van der Waals surface area (Å²) in [5.41, 5.74) is 5.62. The summed E-state index contributed by atoms with van der Waals surface area (Å²) in [6.45, 7) is -0.428. The number of pyridine rings is 2. The van der Waals surface area contributed by atoms with Crippen molar-refractivity contribution in [3.63, 3.8) is 0 Å². The number of aliphatic hydroxyl groups excluding tert-OH is 3. The summed E-state index contributed by atoms with van der Waals surface area (Å²) >= 11 is 0. The highest BCUT2D eigenvalue weighted by Crippen LogP contribution is 2.32. The Morgan fingerprint density at radius 3 is 2.70 bits per heavy atom. The predicted molar refractivity (Wildman–Crippen MR) is 116 cm³/mol. The van der Waals surface area contributed by atoms with Crippen molar-refractivity contribution in [3.8, 4) is 0 Å². The molecule has 12 heteroatoms. The Labute approximate surface area is 187 Å². The number of nitrogens with one attached hydrogen (secondary N) is 1. The second kappa shape index (κ2) is 8.96. The standard InChI is InChI=1S/C21H20N8O4/c30-9-14-17(31)18(32)21(33-14)29-11-26-16-19(24-10-25-20(16)29)28-27-15(12-4-3-6-22-8-12)13-5-1-2-7-23-13/h1-8,10-11,14,17-18,21,30-32H,9H2,(H,24,25,28)/b27-15+/t14-,17-,18-,21-/m1/s1. The van der Waals surface area contributed by atoms with E-state index in [4.69, 9.17) is 4.74 Å². The fourth-order valence-corrected chi connectivity index (χ4v) is 3.61. The number of hydrogen-bond acceptors (Lipinski definition) is 11. The number of aliphatic hydroxyl groups is 3. The van der Waals surface area contributed by atoms with Gasteiger partial charge in [0.1, 0.15) is 30.4 Å². The van der Waals surface area contributed by atoms with Crippen molar-refractivity contribution in [1.29, 1.82) is 0 Å². The molecule has 4 aromatic heterocycles. The zero-order valence-corrected chi connectivity index (χ0v) is 17.2. The van der Waals surface area contributed by atoms with Crippen LogP contribution in [0.5, 0.6) is 0 Å². The topological polar surface area (TPSA) is 164 Å². The van der Waals surface area contributed by atoms with Gasteiger partial charge < -0.3 is 20.1 Å². The summed E-state index contributed by atoms with van der Waals surface area (Å²) in [5.74, 6) is 0.322. The highest BCUT2D eigenvalue weighted by Gasteiger charge is 2.44. The van der Waals surface area contributed by atoms with Crippen LogP contribution in [0.15, 0.2) is 66.7 Å². The number of rotatable bonds is 6. The first kappa shape index (κ1) is 21.0. The molecule has 0 radical (unpaired) electrons. The summed E-state index contributed by atoms with van der Waals surface area (Å²) < 4.78 is 7.07. The SMILES string of the molecule is OC[C@H]1O[C@@H](n2cnc3c(N/N=C(\c4cccnc4)c4ccccn4)ncnc32)[C@H](O)[C@@H]1O. The van der Waals surface area contributed by atoms with Gasteiger partial charge in [-0.1, -0.05) is 6.07 Å². The molecule has 168 valence electrons. The van der Waals surface area contributed by atoms with E-state index in [1.54, 1.807) is 24.7 Å². The molecule has 4 N–H and O–H groups in total. The molecule has 0 saturated carbocycles. The van der Waals surface area contributed by atoms with Crippen LogP contribution in [0.25, 0.3) is 11.2 Å². The van der Waals surface area contributed by atoms with Gasteiger partial charge >= 0.3 is 0 Å². The number of anilines is 1. The summed E-state index contributed by atoms with van der Waals surface area (Å²) in [7, 11) is 0. The molecule has 0 aromatic carbocycles. The van der Waals surface area contributed by atoms with E-state index in [0.717, 1.165) is 5.56 Å². The van der Waals surface area contributed by atoms with E-state index < -0.39 is 31.1 Å². The van der Waals surface area contributed by atoms with Crippen LogP contribution in [0.2, 0.25) is 0 Å². The molecule has 0 aliphatic carbocycles. The Bertz CT molecular complexity index is 1230. The van der Waals surface area contributed by atoms with Crippen LogP contribution in [-0.4, -0.2) is 75.4 Å². The van der Waals surface area contributed by atoms with Crippen LogP contribution >= 0.6 is 0 Å². The maximum absolute atomic E-state index is 10.4. The lowest BCUT2D eigenvalue weighted by Gasteiger charge is -2.16. The molecule has 1 aliphatic rings. The fraction of sp³-hybridized carbons (Fsp3) is 0.238. The highest BCUT2D eigenvalue weighted by molar-refractivity contribution is 6.11. The van der Waals surface area contributed by atoms with E-state index in [0.29, 0.717) is 28.4 Å². The van der Waals surface area contributed by atoms with Gasteiger partial charge in [0.15, 0.2) is 23.2 Å². The van der Waals surface area contributed by atoms with Gasteiger partial charge in [-0.15, -0.1) is 0 Å². The van der Waals surface area contributed by atoms with Crippen molar-refractivity contribution >= 4 is 22.7 Å². The lowest BCUT2D eigenvalue weighted by Crippen LogP contribution is -2.33. The molecule has 0 bridgehead atoms. The van der Waals surface area contributed by atoms with Crippen molar-refractivity contribution in [3.05, 3.63) is 72.8 Å². The van der Waals surface area contributed by atoms with Crippen LogP contribution in [0.1, 0.15) is 17.5 Å². The molecule has 5 heterocycles. The van der Waals surface area contributed by atoms with Crippen molar-refractivity contribution in [1.82, 2.24) is 29.5 Å². The van der Waals surface area contributed by atoms with Crippen LogP contribution in [0, 0.1) is 0 Å². The first-order valence-corrected chi connectivity index (χ1v) is 10.1. The second-order valence-corrected chi connectivity index (χ2v) is 7.30. The maximum atomic E-state index is 10.4. The molecule has 4 atom stereocenters. The Morgan fingerprint density at radius 2 is 1.97 bits per heavy atom. The number of ether oxygens (including phenoxy) is 1. The third-order valence-electron chi connectivity index (χ3n) is 5.27. The molecule has 4 aromatic rings. The van der Waals surface area contributed by atoms with E-state index in [9.17, 15) is 15.3 Å². The number of aromatic nitrogens is 6. The molecule has 0 amide bonds. The molecule has 1 aliphatic heterocycles. The van der Waals surface area contributed by atoms with Crippen molar-refractivity contribution in [2.24, 2.45) is 5.10 Å². The molecule has 1 saturated heterocycles. The molecular formula is C21H20N8O4. The quantitative estimate of drug-likeness (QED) is 0.235. The van der Waals surface area contributed by atoms with Crippen molar-refractivity contribution in [2.75, 3.05) is 12.0 Å². The lowest BCUT2D eigenvalue weighted by atomic mass is 10.1. The Kier molecular flexibility index (Phi) is 5.71. The molecule has 12 nitrogen and oxygen atoms in total. The minimum atomic E-state index is -1.26. The molecular weight excluding hydrogens is 428 g/mol. The number of fused-ring (bicyclic) bond motifs is 1. The minimum absolute atomic E-state index is 0.322. The first-order chi connectivity index (χ1) is 16.2. The largest absolute Gasteiger partial charge is 0.394 e. The highest BCUT2D eigenvalue weighted by atomic mass is 16.6. The van der Waals surface area contributed by atoms with E-state index in [1.807, 2.05) is 24.3 Å². The number of nitrogens with zero attached hydrogens (tertiary/aromatic N) is 7. The van der Waals surface area contributed by atoms with Crippen LogP contribution in [0.3, 0.4) is 0 Å². The van der Waals surface area contributed by atoms with E-state index in [2.05, 4.69) is 35.4 Å². The Balaban J connectivity index is 1.50. The zero-order chi connectivity index (χ0) is 22.8. The predicted octanol–water partition coefficient (Wildman–Crippen LogP) is 0.0923. The van der Waals surface area contributed by atoms with Gasteiger partial charge in [-0.25, -0.2) is 15.0 Å². The average Bonchev–Trinajstić information content (AvgIpc) is 3.42. The summed E-state index contributed by atoms with van der Waals surface area (Å²) in [4.78, 5) is 21.4. The van der Waals surface area contributed by atoms with Gasteiger partial charge in [0.25, 0.3) is 0 Å². The molecule has 1 fully saturated rings. The molecule has 0 spiro atoms. The first-order valence-electron chi connectivity index (χ1n) is 10.1. The third kappa shape index (κ3) is 3.91. The van der Waals surface area contributed by atoms with E-state index in [1.165, 1.54) is 17.2 Å². The lowest BCUT2D eigenvalue weighted by molar-refractivity contribution is -0.0511. The monoisotopic (exact) mass is 448 g/mol. The van der Waals surface area contributed by atoms with Gasteiger partial charge in [0.05, 0.1) is 18.6 Å². The van der Waals surface area contributed by atoms with E-state index in [-0.39, 0.29) is 0 Å².